The van der Waals surface area contributed by atoms with E-state index in [4.69, 9.17) is 18.0 Å². The molecule has 0 aromatic heterocycles. The molecule has 0 aromatic rings. The van der Waals surface area contributed by atoms with Crippen LogP contribution in [0.25, 0.3) is 0 Å². The average Bonchev–Trinajstić information content (AvgIpc) is 2.76. The van der Waals surface area contributed by atoms with E-state index in [1.807, 2.05) is 0 Å². The zero-order valence-corrected chi connectivity index (χ0v) is 13.2. The van der Waals surface area contributed by atoms with Crippen molar-refractivity contribution in [2.75, 3.05) is 18.1 Å². The Morgan fingerprint density at radius 3 is 2.45 bits per heavy atom. The lowest BCUT2D eigenvalue weighted by molar-refractivity contribution is -0.129. The van der Waals surface area contributed by atoms with Gasteiger partial charge in [-0.05, 0) is 25.2 Å². The second kappa shape index (κ2) is 5.97. The van der Waals surface area contributed by atoms with Crippen LogP contribution in [-0.2, 0) is 14.6 Å². The molecule has 2 aliphatic rings. The number of carbonyl (C=O) groups excluding carboxylic acids is 1. The third-order valence-electron chi connectivity index (χ3n) is 4.49. The Kier molecular flexibility index (Phi) is 4.69. The summed E-state index contributed by atoms with van der Waals surface area (Å²) < 4.78 is 22.8. The standard InChI is InChI=1S/C13H22N2O3S2/c14-11(19)13(5-2-1-3-6-13)12(16)15-8-10-4-7-20(17,18)9-10/h10H,1-9H2,(H2,14,19)(H,15,16). The number of sulfone groups is 1. The summed E-state index contributed by atoms with van der Waals surface area (Å²) in [7, 11) is -2.90. The molecule has 7 heteroatoms. The van der Waals surface area contributed by atoms with Gasteiger partial charge in [0.05, 0.1) is 21.9 Å². The molecule has 1 unspecified atom stereocenters. The van der Waals surface area contributed by atoms with Crippen LogP contribution >= 0.6 is 12.2 Å². The zero-order valence-electron chi connectivity index (χ0n) is 11.6. The third kappa shape index (κ3) is 3.31. The fourth-order valence-electron chi connectivity index (χ4n) is 3.18. The summed E-state index contributed by atoms with van der Waals surface area (Å²) in [5.41, 5.74) is 5.09. The first kappa shape index (κ1) is 15.7. The number of thiocarbonyl (C=S) groups is 1. The maximum absolute atomic E-state index is 12.5. The molecule has 2 rings (SSSR count). The molecule has 2 fully saturated rings. The summed E-state index contributed by atoms with van der Waals surface area (Å²) in [6.07, 6.45) is 5.07. The van der Waals surface area contributed by atoms with Crippen molar-refractivity contribution in [2.24, 2.45) is 17.1 Å². The number of nitrogens with two attached hydrogens (primary N) is 1. The van der Waals surface area contributed by atoms with Crippen molar-refractivity contribution in [3.8, 4) is 0 Å². The highest BCUT2D eigenvalue weighted by molar-refractivity contribution is 7.91. The van der Waals surface area contributed by atoms with E-state index in [-0.39, 0.29) is 28.3 Å². The van der Waals surface area contributed by atoms with Crippen LogP contribution < -0.4 is 11.1 Å². The van der Waals surface area contributed by atoms with Gasteiger partial charge in [-0.2, -0.15) is 0 Å². The molecular weight excluding hydrogens is 296 g/mol. The third-order valence-corrected chi connectivity index (χ3v) is 6.72. The summed E-state index contributed by atoms with van der Waals surface area (Å²) in [5.74, 6) is 0.311. The van der Waals surface area contributed by atoms with Crippen molar-refractivity contribution < 1.29 is 13.2 Å². The van der Waals surface area contributed by atoms with Crippen LogP contribution in [-0.4, -0.2) is 37.4 Å². The molecule has 0 aromatic carbocycles. The predicted octanol–water partition coefficient (Wildman–Crippen LogP) is 0.774. The number of hydrogen-bond acceptors (Lipinski definition) is 4. The molecule has 1 saturated carbocycles. The monoisotopic (exact) mass is 318 g/mol. The van der Waals surface area contributed by atoms with Gasteiger partial charge in [-0.3, -0.25) is 4.79 Å². The molecule has 1 amide bonds. The predicted molar refractivity (Wildman–Crippen MR) is 82.1 cm³/mol. The van der Waals surface area contributed by atoms with Crippen LogP contribution in [0, 0.1) is 11.3 Å². The highest BCUT2D eigenvalue weighted by Gasteiger charge is 2.42. The fourth-order valence-corrected chi connectivity index (χ4v) is 5.34. The van der Waals surface area contributed by atoms with Gasteiger partial charge in [0.25, 0.3) is 0 Å². The van der Waals surface area contributed by atoms with Gasteiger partial charge < -0.3 is 11.1 Å². The van der Waals surface area contributed by atoms with Gasteiger partial charge in [0.1, 0.15) is 0 Å². The molecule has 1 heterocycles. The molecule has 1 atom stereocenters. The smallest absolute Gasteiger partial charge is 0.233 e. The van der Waals surface area contributed by atoms with Crippen molar-refractivity contribution in [1.29, 1.82) is 0 Å². The molecule has 1 saturated heterocycles. The molecule has 1 aliphatic carbocycles. The van der Waals surface area contributed by atoms with Gasteiger partial charge in [-0.25, -0.2) is 8.42 Å². The normalized spacial score (nSPS) is 27.9. The first-order chi connectivity index (χ1) is 9.36. The molecule has 0 radical (unpaired) electrons. The van der Waals surface area contributed by atoms with Gasteiger partial charge in [0.2, 0.25) is 5.91 Å². The molecule has 20 heavy (non-hydrogen) atoms. The quantitative estimate of drug-likeness (QED) is 0.748. The Labute approximate surface area is 125 Å². The van der Waals surface area contributed by atoms with E-state index in [0.717, 1.165) is 19.3 Å². The lowest BCUT2D eigenvalue weighted by Gasteiger charge is -2.35. The number of rotatable bonds is 4. The molecule has 5 nitrogen and oxygen atoms in total. The van der Waals surface area contributed by atoms with Crippen LogP contribution in [0.5, 0.6) is 0 Å². The number of carbonyl (C=O) groups is 1. The number of hydrogen-bond donors (Lipinski definition) is 2. The van der Waals surface area contributed by atoms with Crippen molar-refractivity contribution >= 4 is 33.0 Å². The summed E-state index contributed by atoms with van der Waals surface area (Å²) in [6, 6.07) is 0. The van der Waals surface area contributed by atoms with Gasteiger partial charge >= 0.3 is 0 Å². The lowest BCUT2D eigenvalue weighted by atomic mass is 9.73. The Morgan fingerprint density at radius 2 is 1.95 bits per heavy atom. The minimum atomic E-state index is -2.90. The molecule has 3 N–H and O–H groups in total. The maximum atomic E-state index is 12.5. The zero-order chi connectivity index (χ0) is 14.8. The van der Waals surface area contributed by atoms with Gasteiger partial charge in [0.15, 0.2) is 9.84 Å². The highest BCUT2D eigenvalue weighted by Crippen LogP contribution is 2.37. The van der Waals surface area contributed by atoms with E-state index in [1.54, 1.807) is 0 Å². The largest absolute Gasteiger partial charge is 0.392 e. The Morgan fingerprint density at radius 1 is 1.30 bits per heavy atom. The first-order valence-electron chi connectivity index (χ1n) is 7.14. The van der Waals surface area contributed by atoms with Crippen LogP contribution in [0.2, 0.25) is 0 Å². The van der Waals surface area contributed by atoms with E-state index in [1.165, 1.54) is 0 Å². The van der Waals surface area contributed by atoms with Crippen molar-refractivity contribution in [1.82, 2.24) is 5.32 Å². The lowest BCUT2D eigenvalue weighted by Crippen LogP contribution is -2.50. The molecule has 1 aliphatic heterocycles. The van der Waals surface area contributed by atoms with E-state index in [0.29, 0.717) is 25.8 Å². The molecule has 0 bridgehead atoms. The Balaban J connectivity index is 1.94. The second-order valence-electron chi connectivity index (χ2n) is 5.99. The fraction of sp³-hybridized carbons (Fsp3) is 0.846. The van der Waals surface area contributed by atoms with Gasteiger partial charge in [-0.1, -0.05) is 31.5 Å². The maximum Gasteiger partial charge on any atom is 0.233 e. The molecule has 114 valence electrons. The first-order valence-corrected chi connectivity index (χ1v) is 9.37. The summed E-state index contributed by atoms with van der Waals surface area (Å²) in [5, 5.41) is 2.88. The highest BCUT2D eigenvalue weighted by atomic mass is 32.2. The average molecular weight is 318 g/mol. The van der Waals surface area contributed by atoms with E-state index < -0.39 is 15.3 Å². The van der Waals surface area contributed by atoms with E-state index in [9.17, 15) is 13.2 Å². The SMILES string of the molecule is NC(=S)C1(C(=O)NCC2CCS(=O)(=O)C2)CCCCC1. The van der Waals surface area contributed by atoms with Crippen LogP contribution in [0.4, 0.5) is 0 Å². The van der Waals surface area contributed by atoms with Gasteiger partial charge in [0, 0.05) is 6.54 Å². The second-order valence-corrected chi connectivity index (χ2v) is 8.65. The minimum absolute atomic E-state index is 0.0240. The molecule has 0 spiro atoms. The number of nitrogens with one attached hydrogen (secondary N) is 1. The van der Waals surface area contributed by atoms with Crippen LogP contribution in [0.15, 0.2) is 0 Å². The summed E-state index contributed by atoms with van der Waals surface area (Å²) in [4.78, 5) is 12.7. The molecular formula is C13H22N2O3S2. The topological polar surface area (TPSA) is 89.3 Å². The van der Waals surface area contributed by atoms with Crippen molar-refractivity contribution in [3.63, 3.8) is 0 Å². The van der Waals surface area contributed by atoms with E-state index in [2.05, 4.69) is 5.32 Å². The van der Waals surface area contributed by atoms with Crippen molar-refractivity contribution in [2.45, 2.75) is 38.5 Å². The van der Waals surface area contributed by atoms with E-state index >= 15 is 0 Å². The summed E-state index contributed by atoms with van der Waals surface area (Å²) >= 11 is 5.11. The van der Waals surface area contributed by atoms with Gasteiger partial charge in [-0.15, -0.1) is 0 Å². The van der Waals surface area contributed by atoms with Crippen LogP contribution in [0.3, 0.4) is 0 Å². The van der Waals surface area contributed by atoms with Crippen LogP contribution in [0.1, 0.15) is 38.5 Å². The minimum Gasteiger partial charge on any atom is -0.392 e. The summed E-state index contributed by atoms with van der Waals surface area (Å²) in [6.45, 7) is 0.405. The Bertz CT molecular complexity index is 496. The van der Waals surface area contributed by atoms with Crippen molar-refractivity contribution in [3.05, 3.63) is 0 Å². The Hall–Kier alpha value is -0.690. The number of amides is 1.